The van der Waals surface area contributed by atoms with Crippen molar-refractivity contribution >= 4 is 17.9 Å². The van der Waals surface area contributed by atoms with Crippen molar-refractivity contribution in [2.45, 2.75) is 232 Å². The molecule has 0 heterocycles. The van der Waals surface area contributed by atoms with Crippen molar-refractivity contribution in [2.24, 2.45) is 0 Å². The van der Waals surface area contributed by atoms with Gasteiger partial charge in [-0.2, -0.15) is 0 Å². The van der Waals surface area contributed by atoms with E-state index in [1.807, 2.05) is 72.9 Å². The minimum atomic E-state index is -0.814. The van der Waals surface area contributed by atoms with Crippen molar-refractivity contribution in [2.75, 3.05) is 13.2 Å². The summed E-state index contributed by atoms with van der Waals surface area (Å²) in [5.41, 5.74) is 0. The monoisotopic (exact) mass is 927 g/mol. The van der Waals surface area contributed by atoms with Crippen molar-refractivity contribution in [3.05, 3.63) is 122 Å². The van der Waals surface area contributed by atoms with Gasteiger partial charge in [0.05, 0.1) is 0 Å². The van der Waals surface area contributed by atoms with Gasteiger partial charge in [-0.15, -0.1) is 0 Å². The summed E-state index contributed by atoms with van der Waals surface area (Å²) in [6.07, 6.45) is 74.7. The Kier molecular flexibility index (Phi) is 51.0. The van der Waals surface area contributed by atoms with E-state index < -0.39 is 6.10 Å². The average molecular weight is 927 g/mol. The first kappa shape index (κ1) is 62.8. The lowest BCUT2D eigenvalue weighted by Crippen LogP contribution is -2.30. The molecule has 0 saturated heterocycles. The summed E-state index contributed by atoms with van der Waals surface area (Å²) in [4.78, 5) is 38.0. The highest BCUT2D eigenvalue weighted by Crippen LogP contribution is 2.15. The molecule has 0 aromatic heterocycles. The van der Waals surface area contributed by atoms with Gasteiger partial charge in [-0.3, -0.25) is 14.4 Å². The molecule has 0 aliphatic heterocycles. The maximum Gasteiger partial charge on any atom is 0.306 e. The zero-order valence-electron chi connectivity index (χ0n) is 43.1. The van der Waals surface area contributed by atoms with Crippen LogP contribution in [0.4, 0.5) is 0 Å². The molecule has 1 unspecified atom stereocenters. The highest BCUT2D eigenvalue weighted by atomic mass is 16.6. The van der Waals surface area contributed by atoms with Crippen LogP contribution in [-0.4, -0.2) is 37.2 Å². The highest BCUT2D eigenvalue weighted by molar-refractivity contribution is 5.71. The third-order valence-corrected chi connectivity index (χ3v) is 11.2. The van der Waals surface area contributed by atoms with Crippen LogP contribution < -0.4 is 0 Å². The normalized spacial score (nSPS) is 13.1. The summed E-state index contributed by atoms with van der Waals surface area (Å²) in [7, 11) is 0. The summed E-state index contributed by atoms with van der Waals surface area (Å²) in [6, 6.07) is 0. The van der Waals surface area contributed by atoms with Crippen molar-refractivity contribution < 1.29 is 28.6 Å². The van der Waals surface area contributed by atoms with Gasteiger partial charge in [-0.05, 0) is 70.6 Å². The van der Waals surface area contributed by atoms with E-state index in [4.69, 9.17) is 14.2 Å². The number of allylic oxidation sites excluding steroid dienone is 20. The number of hydrogen-bond acceptors (Lipinski definition) is 6. The Labute approximate surface area is 412 Å². The van der Waals surface area contributed by atoms with Crippen molar-refractivity contribution in [1.29, 1.82) is 0 Å². The summed E-state index contributed by atoms with van der Waals surface area (Å²) >= 11 is 0. The molecule has 0 spiro atoms. The van der Waals surface area contributed by atoms with Crippen LogP contribution in [0.2, 0.25) is 0 Å². The summed E-state index contributed by atoms with van der Waals surface area (Å²) in [5, 5.41) is 0. The molecule has 0 N–H and O–H groups in total. The first-order valence-electron chi connectivity index (χ1n) is 27.1. The fourth-order valence-corrected chi connectivity index (χ4v) is 7.15. The maximum absolute atomic E-state index is 12.8. The third-order valence-electron chi connectivity index (χ3n) is 11.2. The predicted octanol–water partition coefficient (Wildman–Crippen LogP) is 18.1. The Hall–Kier alpha value is -4.19. The summed E-state index contributed by atoms with van der Waals surface area (Å²) in [5.74, 6) is -0.997. The molecule has 0 radical (unpaired) electrons. The molecule has 378 valence electrons. The standard InChI is InChI=1S/C61H98O6/c1-4-7-10-13-16-19-22-25-27-29-31-33-34-36-39-42-45-48-51-54-60(63)66-57-58(56-65-59(62)53-50-47-44-41-38-24-21-18-15-12-9-6-3)67-61(64)55-52-49-46-43-40-37-35-32-30-28-26-23-20-17-14-11-8-5-2/h7,9-10,12-13,16,18-19,21-22,25,27,29,31,33-34,36,38-39,41,58H,4-6,8,11,14-15,17,20,23-24,26,28,30,32,35,37,40,42-57H2,1-3H3/b10-7-,12-9-,16-13-,21-18-,22-19-,27-25-,31-29+,34-33-,39-36-,41-38-. The quantitative estimate of drug-likeness (QED) is 0.0199. The number of hydrogen-bond donors (Lipinski definition) is 0. The van der Waals surface area contributed by atoms with E-state index in [1.54, 1.807) is 0 Å². The van der Waals surface area contributed by atoms with E-state index in [9.17, 15) is 14.4 Å². The minimum Gasteiger partial charge on any atom is -0.462 e. The Morgan fingerprint density at radius 1 is 0.328 bits per heavy atom. The molecule has 0 fully saturated rings. The van der Waals surface area contributed by atoms with Gasteiger partial charge in [0.2, 0.25) is 0 Å². The zero-order chi connectivity index (χ0) is 48.6. The molecule has 0 aromatic carbocycles. The Balaban J connectivity index is 4.50. The smallest absolute Gasteiger partial charge is 0.306 e. The molecule has 0 aliphatic rings. The van der Waals surface area contributed by atoms with Gasteiger partial charge in [-0.1, -0.05) is 258 Å². The molecule has 0 aliphatic carbocycles. The van der Waals surface area contributed by atoms with Crippen LogP contribution in [0.3, 0.4) is 0 Å². The van der Waals surface area contributed by atoms with Gasteiger partial charge < -0.3 is 14.2 Å². The van der Waals surface area contributed by atoms with E-state index in [1.165, 1.54) is 96.3 Å². The van der Waals surface area contributed by atoms with E-state index in [-0.39, 0.29) is 31.1 Å². The highest BCUT2D eigenvalue weighted by Gasteiger charge is 2.19. The van der Waals surface area contributed by atoms with Crippen LogP contribution in [-0.2, 0) is 28.6 Å². The summed E-state index contributed by atoms with van der Waals surface area (Å²) in [6.45, 7) is 6.30. The van der Waals surface area contributed by atoms with Crippen LogP contribution in [0.1, 0.15) is 226 Å². The molecular weight excluding hydrogens is 829 g/mol. The molecule has 0 bridgehead atoms. The van der Waals surface area contributed by atoms with Gasteiger partial charge >= 0.3 is 17.9 Å². The molecular formula is C61H98O6. The molecule has 0 aromatic rings. The second kappa shape index (κ2) is 54.4. The second-order valence-electron chi connectivity index (χ2n) is 17.6. The molecule has 6 nitrogen and oxygen atoms in total. The van der Waals surface area contributed by atoms with Crippen molar-refractivity contribution in [3.8, 4) is 0 Å². The molecule has 6 heteroatoms. The lowest BCUT2D eigenvalue weighted by molar-refractivity contribution is -0.167. The van der Waals surface area contributed by atoms with Crippen molar-refractivity contribution in [1.82, 2.24) is 0 Å². The maximum atomic E-state index is 12.8. The number of carbonyl (C=O) groups is 3. The van der Waals surface area contributed by atoms with E-state index in [0.29, 0.717) is 19.3 Å². The first-order chi connectivity index (χ1) is 33.0. The van der Waals surface area contributed by atoms with Crippen LogP contribution in [0.5, 0.6) is 0 Å². The fourth-order valence-electron chi connectivity index (χ4n) is 7.15. The molecule has 67 heavy (non-hydrogen) atoms. The van der Waals surface area contributed by atoms with Crippen molar-refractivity contribution in [3.63, 3.8) is 0 Å². The molecule has 0 rings (SSSR count). The minimum absolute atomic E-state index is 0.115. The summed E-state index contributed by atoms with van der Waals surface area (Å²) < 4.78 is 16.8. The van der Waals surface area contributed by atoms with Gasteiger partial charge in [0.15, 0.2) is 6.10 Å². The Bertz CT molecular complexity index is 1440. The van der Waals surface area contributed by atoms with Crippen LogP contribution >= 0.6 is 0 Å². The van der Waals surface area contributed by atoms with Gasteiger partial charge in [0.1, 0.15) is 13.2 Å². The van der Waals surface area contributed by atoms with E-state index >= 15 is 0 Å². The number of rotatable bonds is 47. The Morgan fingerprint density at radius 3 is 1.12 bits per heavy atom. The van der Waals surface area contributed by atoms with E-state index in [0.717, 1.165) is 89.9 Å². The SMILES string of the molecule is CC\C=C/C=C\C=C/C=C\C=C\C=C/C=C\CCCCCC(=O)OCC(COC(=O)CCCC/C=C\C/C=C\C/C=C\CC)OC(=O)CCCCCCCCCCCCCCCCCCCC. The Morgan fingerprint density at radius 2 is 0.657 bits per heavy atom. The van der Waals surface area contributed by atoms with E-state index in [2.05, 4.69) is 69.4 Å². The van der Waals surface area contributed by atoms with Gasteiger partial charge in [-0.25, -0.2) is 0 Å². The number of esters is 3. The number of ether oxygens (including phenoxy) is 3. The predicted molar refractivity (Wildman–Crippen MR) is 288 cm³/mol. The second-order valence-corrected chi connectivity index (χ2v) is 17.6. The first-order valence-corrected chi connectivity index (χ1v) is 27.1. The topological polar surface area (TPSA) is 78.9 Å². The lowest BCUT2D eigenvalue weighted by atomic mass is 10.0. The fraction of sp³-hybridized carbons (Fsp3) is 0.623. The average Bonchev–Trinajstić information content (AvgIpc) is 3.33. The van der Waals surface area contributed by atoms with Gasteiger partial charge in [0, 0.05) is 19.3 Å². The number of unbranched alkanes of at least 4 members (excludes halogenated alkanes) is 22. The zero-order valence-corrected chi connectivity index (χ0v) is 43.1. The van der Waals surface area contributed by atoms with Crippen LogP contribution in [0, 0.1) is 0 Å². The van der Waals surface area contributed by atoms with Crippen LogP contribution in [0.25, 0.3) is 0 Å². The molecule has 0 saturated carbocycles. The molecule has 0 amide bonds. The lowest BCUT2D eigenvalue weighted by Gasteiger charge is -2.18. The largest absolute Gasteiger partial charge is 0.462 e. The van der Waals surface area contributed by atoms with Crippen LogP contribution in [0.15, 0.2) is 122 Å². The van der Waals surface area contributed by atoms with Gasteiger partial charge in [0.25, 0.3) is 0 Å². The third kappa shape index (κ3) is 52.6. The molecule has 1 atom stereocenters. The number of carbonyl (C=O) groups excluding carboxylic acids is 3.